The lowest BCUT2D eigenvalue weighted by Crippen LogP contribution is -2.61. The van der Waals surface area contributed by atoms with E-state index in [1.165, 1.54) is 0 Å². The molecule has 3 nitrogen and oxygen atoms in total. The van der Waals surface area contributed by atoms with Gasteiger partial charge in [-0.25, -0.2) is 0 Å². The minimum Gasteiger partial charge on any atom is -0.341 e. The molecule has 3 rings (SSSR count). The van der Waals surface area contributed by atoms with Crippen LogP contribution in [0.1, 0.15) is 53.9 Å². The Labute approximate surface area is 122 Å². The molecule has 0 aromatic heterocycles. The molecule has 2 saturated carbocycles. The maximum atomic E-state index is 13.0. The average Bonchev–Trinajstić information content (AvgIpc) is 2.58. The summed E-state index contributed by atoms with van der Waals surface area (Å²) in [6, 6.07) is 0. The van der Waals surface area contributed by atoms with E-state index in [0.29, 0.717) is 18.3 Å². The lowest BCUT2D eigenvalue weighted by atomic mass is 9.66. The van der Waals surface area contributed by atoms with Gasteiger partial charge in [0.2, 0.25) is 5.91 Å². The summed E-state index contributed by atoms with van der Waals surface area (Å²) in [6.07, 6.45) is 2.44. The average molecular weight is 277 g/mol. The van der Waals surface area contributed by atoms with E-state index in [9.17, 15) is 9.59 Å². The van der Waals surface area contributed by atoms with E-state index >= 15 is 0 Å². The molecule has 0 N–H and O–H groups in total. The largest absolute Gasteiger partial charge is 0.341 e. The van der Waals surface area contributed by atoms with Crippen LogP contribution >= 0.6 is 0 Å². The van der Waals surface area contributed by atoms with Crippen molar-refractivity contribution >= 4 is 11.7 Å². The predicted octanol–water partition coefficient (Wildman–Crippen LogP) is 2.89. The number of likely N-dealkylation sites (tertiary alicyclic amines) is 1. The fourth-order valence-electron chi connectivity index (χ4n) is 4.64. The third-order valence-corrected chi connectivity index (χ3v) is 6.65. The van der Waals surface area contributed by atoms with Crippen LogP contribution in [-0.2, 0) is 9.59 Å². The Hall–Kier alpha value is -0.860. The summed E-state index contributed by atoms with van der Waals surface area (Å²) in [6.45, 7) is 12.6. The lowest BCUT2D eigenvalue weighted by molar-refractivity contribution is -0.160. The Balaban J connectivity index is 1.80. The summed E-state index contributed by atoms with van der Waals surface area (Å²) >= 11 is 0. The molecule has 2 bridgehead atoms. The second kappa shape index (κ2) is 3.86. The van der Waals surface area contributed by atoms with Gasteiger partial charge in [-0.2, -0.15) is 0 Å². The van der Waals surface area contributed by atoms with Crippen LogP contribution < -0.4 is 0 Å². The smallest absolute Gasteiger partial charge is 0.236 e. The zero-order valence-electron chi connectivity index (χ0n) is 13.5. The molecule has 0 aromatic carbocycles. The SMILES string of the molecule is CC(C)(C)C1CN(C(=O)C23CCC(CC2=O)C3(C)C)C1. The number of Topliss-reactive ketones (excluding diaryl/α,β-unsaturated/α-hetero) is 1. The van der Waals surface area contributed by atoms with Gasteiger partial charge in [0, 0.05) is 19.5 Å². The number of nitrogens with zero attached hydrogens (tertiary/aromatic N) is 1. The maximum Gasteiger partial charge on any atom is 0.236 e. The third kappa shape index (κ3) is 1.52. The van der Waals surface area contributed by atoms with Gasteiger partial charge in [-0.3, -0.25) is 9.59 Å². The molecular formula is C17H27NO2. The summed E-state index contributed by atoms with van der Waals surface area (Å²) in [4.78, 5) is 27.4. The van der Waals surface area contributed by atoms with E-state index in [-0.39, 0.29) is 22.5 Å². The summed E-state index contributed by atoms with van der Waals surface area (Å²) in [5.74, 6) is 1.33. The highest BCUT2D eigenvalue weighted by Gasteiger charge is 2.69. The number of ketones is 1. The lowest BCUT2D eigenvalue weighted by Gasteiger charge is -2.50. The first-order chi connectivity index (χ1) is 9.10. The molecule has 3 fully saturated rings. The Morgan fingerprint density at radius 3 is 2.25 bits per heavy atom. The quantitative estimate of drug-likeness (QED) is 0.691. The van der Waals surface area contributed by atoms with Crippen molar-refractivity contribution < 1.29 is 9.59 Å². The molecule has 1 heterocycles. The van der Waals surface area contributed by atoms with Gasteiger partial charge in [-0.05, 0) is 35.5 Å². The molecule has 3 aliphatic rings. The van der Waals surface area contributed by atoms with Crippen molar-refractivity contribution in [3.8, 4) is 0 Å². The van der Waals surface area contributed by atoms with E-state index < -0.39 is 5.41 Å². The van der Waals surface area contributed by atoms with E-state index in [0.717, 1.165) is 25.9 Å². The van der Waals surface area contributed by atoms with Gasteiger partial charge in [-0.1, -0.05) is 34.6 Å². The molecule has 112 valence electrons. The topological polar surface area (TPSA) is 37.4 Å². The minimum atomic E-state index is -0.694. The van der Waals surface area contributed by atoms with Crippen LogP contribution in [0.3, 0.4) is 0 Å². The molecule has 2 unspecified atom stereocenters. The molecule has 20 heavy (non-hydrogen) atoms. The molecule has 0 spiro atoms. The second-order valence-electron chi connectivity index (χ2n) is 8.76. The number of hydrogen-bond donors (Lipinski definition) is 0. The number of hydrogen-bond acceptors (Lipinski definition) is 2. The normalized spacial score (nSPS) is 36.4. The fourth-order valence-corrected chi connectivity index (χ4v) is 4.64. The molecule has 2 atom stereocenters. The monoisotopic (exact) mass is 277 g/mol. The van der Waals surface area contributed by atoms with E-state index in [4.69, 9.17) is 0 Å². The molecule has 3 heteroatoms. The third-order valence-electron chi connectivity index (χ3n) is 6.65. The fraction of sp³-hybridized carbons (Fsp3) is 0.882. The van der Waals surface area contributed by atoms with Crippen LogP contribution in [0.15, 0.2) is 0 Å². The van der Waals surface area contributed by atoms with Crippen molar-refractivity contribution in [3.05, 3.63) is 0 Å². The van der Waals surface area contributed by atoms with Crippen molar-refractivity contribution in [1.82, 2.24) is 4.90 Å². The van der Waals surface area contributed by atoms with Gasteiger partial charge >= 0.3 is 0 Å². The van der Waals surface area contributed by atoms with Crippen LogP contribution in [0.2, 0.25) is 0 Å². The number of carbonyl (C=O) groups is 2. The molecule has 1 saturated heterocycles. The Bertz CT molecular complexity index is 468. The van der Waals surface area contributed by atoms with Crippen molar-refractivity contribution in [2.24, 2.45) is 28.1 Å². The number of rotatable bonds is 1. The van der Waals surface area contributed by atoms with Crippen molar-refractivity contribution in [1.29, 1.82) is 0 Å². The minimum absolute atomic E-state index is 0.132. The van der Waals surface area contributed by atoms with Gasteiger partial charge in [0.05, 0.1) is 0 Å². The molecule has 2 aliphatic carbocycles. The Morgan fingerprint density at radius 2 is 1.85 bits per heavy atom. The van der Waals surface area contributed by atoms with Crippen molar-refractivity contribution in [2.45, 2.75) is 53.9 Å². The molecule has 1 aliphatic heterocycles. The van der Waals surface area contributed by atoms with Crippen LogP contribution in [0.25, 0.3) is 0 Å². The standard InChI is InChI=1S/C17H27NO2/c1-15(2,3)12-9-18(10-12)14(20)17-7-6-11(8-13(17)19)16(17,4)5/h11-12H,6-10H2,1-5H3. The molecular weight excluding hydrogens is 250 g/mol. The van der Waals surface area contributed by atoms with Crippen molar-refractivity contribution in [2.75, 3.05) is 13.1 Å². The number of carbonyl (C=O) groups excluding carboxylic acids is 2. The summed E-state index contributed by atoms with van der Waals surface area (Å²) < 4.78 is 0. The predicted molar refractivity (Wildman–Crippen MR) is 78.1 cm³/mol. The van der Waals surface area contributed by atoms with E-state index in [2.05, 4.69) is 34.6 Å². The van der Waals surface area contributed by atoms with Gasteiger partial charge in [0.15, 0.2) is 0 Å². The zero-order valence-corrected chi connectivity index (χ0v) is 13.5. The highest BCUT2D eigenvalue weighted by atomic mass is 16.2. The first-order valence-electron chi connectivity index (χ1n) is 7.93. The van der Waals surface area contributed by atoms with Gasteiger partial charge in [0.25, 0.3) is 0 Å². The van der Waals surface area contributed by atoms with Gasteiger partial charge in [0.1, 0.15) is 11.2 Å². The Morgan fingerprint density at radius 1 is 1.25 bits per heavy atom. The number of fused-ring (bicyclic) bond motifs is 2. The van der Waals surface area contributed by atoms with Crippen molar-refractivity contribution in [3.63, 3.8) is 0 Å². The van der Waals surface area contributed by atoms with Gasteiger partial charge < -0.3 is 4.90 Å². The Kier molecular flexibility index (Phi) is 2.72. The molecule has 0 radical (unpaired) electrons. The van der Waals surface area contributed by atoms with Crippen LogP contribution in [0, 0.1) is 28.1 Å². The van der Waals surface area contributed by atoms with Crippen LogP contribution in [0.5, 0.6) is 0 Å². The highest BCUT2D eigenvalue weighted by Crippen LogP contribution is 2.64. The zero-order chi connectivity index (χ0) is 14.9. The van der Waals surface area contributed by atoms with Crippen LogP contribution in [0.4, 0.5) is 0 Å². The van der Waals surface area contributed by atoms with E-state index in [1.807, 2.05) is 4.90 Å². The second-order valence-corrected chi connectivity index (χ2v) is 8.76. The number of amides is 1. The summed E-state index contributed by atoms with van der Waals surface area (Å²) in [7, 11) is 0. The molecule has 0 aromatic rings. The van der Waals surface area contributed by atoms with Gasteiger partial charge in [-0.15, -0.1) is 0 Å². The van der Waals surface area contributed by atoms with Crippen LogP contribution in [-0.4, -0.2) is 29.7 Å². The maximum absolute atomic E-state index is 13.0. The summed E-state index contributed by atoms with van der Waals surface area (Å²) in [5.41, 5.74) is -0.587. The highest BCUT2D eigenvalue weighted by molar-refractivity contribution is 6.09. The first-order valence-corrected chi connectivity index (χ1v) is 7.93. The van der Waals surface area contributed by atoms with E-state index in [1.54, 1.807) is 0 Å². The molecule has 1 amide bonds. The first kappa shape index (κ1) is 14.1. The summed E-state index contributed by atoms with van der Waals surface area (Å²) in [5, 5.41) is 0.